The van der Waals surface area contributed by atoms with Crippen molar-refractivity contribution in [2.24, 2.45) is 0 Å². The molecular weight excluding hydrogens is 234 g/mol. The van der Waals surface area contributed by atoms with E-state index in [-0.39, 0.29) is 5.41 Å². The number of benzene rings is 1. The second-order valence-electron chi connectivity index (χ2n) is 4.89. The lowest BCUT2D eigenvalue weighted by atomic mass is 9.75. The molecule has 0 bridgehead atoms. The van der Waals surface area contributed by atoms with Crippen LogP contribution in [0.1, 0.15) is 18.9 Å². The number of ether oxygens (including phenoxy) is 1. The highest BCUT2D eigenvalue weighted by molar-refractivity contribution is 5.36. The summed E-state index contributed by atoms with van der Waals surface area (Å²) in [6.45, 7) is 5.44. The van der Waals surface area contributed by atoms with E-state index >= 15 is 0 Å². The van der Waals surface area contributed by atoms with Gasteiger partial charge in [-0.25, -0.2) is 0 Å². The highest BCUT2D eigenvalue weighted by Crippen LogP contribution is 2.31. The normalized spacial score (nSPS) is 21.7. The predicted octanol–water partition coefficient (Wildman–Crippen LogP) is 3.07. The average Bonchev–Trinajstić information content (AvgIpc) is 2.49. The summed E-state index contributed by atoms with van der Waals surface area (Å²) in [5.41, 5.74) is 1.46. The largest absolute Gasteiger partial charge is 0.380 e. The molecule has 1 aliphatic rings. The minimum Gasteiger partial charge on any atom is -0.380 e. The van der Waals surface area contributed by atoms with Crippen molar-refractivity contribution in [2.45, 2.75) is 18.8 Å². The lowest BCUT2D eigenvalue weighted by Crippen LogP contribution is -2.38. The van der Waals surface area contributed by atoms with Gasteiger partial charge in [0.2, 0.25) is 0 Å². The smallest absolute Gasteiger partial charge is 0.0590 e. The van der Waals surface area contributed by atoms with Gasteiger partial charge in [-0.2, -0.15) is 0 Å². The van der Waals surface area contributed by atoms with Crippen LogP contribution in [0.3, 0.4) is 0 Å². The Morgan fingerprint density at radius 2 is 2.05 bits per heavy atom. The fraction of sp³-hybridized carbons (Fsp3) is 0.412. The van der Waals surface area contributed by atoms with E-state index < -0.39 is 0 Å². The molecule has 2 nitrogen and oxygen atoms in total. The van der Waals surface area contributed by atoms with Crippen molar-refractivity contribution in [1.29, 1.82) is 0 Å². The molecule has 0 aromatic heterocycles. The summed E-state index contributed by atoms with van der Waals surface area (Å²) in [4.78, 5) is 0. The zero-order valence-electron chi connectivity index (χ0n) is 11.6. The molecule has 19 heavy (non-hydrogen) atoms. The van der Waals surface area contributed by atoms with Gasteiger partial charge in [-0.05, 0) is 18.9 Å². The average molecular weight is 257 g/mol. The molecule has 2 heteroatoms. The molecule has 0 fully saturated rings. The van der Waals surface area contributed by atoms with Crippen molar-refractivity contribution in [3.63, 3.8) is 0 Å². The predicted molar refractivity (Wildman–Crippen MR) is 80.4 cm³/mol. The van der Waals surface area contributed by atoms with Crippen LogP contribution in [0.2, 0.25) is 0 Å². The number of nitrogens with one attached hydrogen (secondary N) is 1. The van der Waals surface area contributed by atoms with Gasteiger partial charge in [0, 0.05) is 25.1 Å². The maximum Gasteiger partial charge on any atom is 0.0590 e. The minimum atomic E-state index is 0.0855. The molecule has 1 aromatic rings. The van der Waals surface area contributed by atoms with E-state index in [0.29, 0.717) is 0 Å². The first-order valence-corrected chi connectivity index (χ1v) is 7.06. The van der Waals surface area contributed by atoms with E-state index in [1.54, 1.807) is 0 Å². The molecule has 1 aromatic carbocycles. The van der Waals surface area contributed by atoms with Crippen molar-refractivity contribution < 1.29 is 4.74 Å². The van der Waals surface area contributed by atoms with Crippen molar-refractivity contribution in [3.05, 3.63) is 60.2 Å². The number of hydrogen-bond donors (Lipinski definition) is 1. The highest BCUT2D eigenvalue weighted by Gasteiger charge is 2.28. The van der Waals surface area contributed by atoms with E-state index in [2.05, 4.69) is 60.0 Å². The summed E-state index contributed by atoms with van der Waals surface area (Å²) in [7, 11) is 0. The van der Waals surface area contributed by atoms with Crippen LogP contribution in [0.4, 0.5) is 0 Å². The summed E-state index contributed by atoms with van der Waals surface area (Å²) < 4.78 is 5.37. The maximum absolute atomic E-state index is 5.37. The summed E-state index contributed by atoms with van der Waals surface area (Å²) in [6.07, 6.45) is 9.89. The fourth-order valence-electron chi connectivity index (χ4n) is 2.48. The van der Waals surface area contributed by atoms with E-state index in [1.807, 2.05) is 6.92 Å². The van der Waals surface area contributed by atoms with Gasteiger partial charge in [0.25, 0.3) is 0 Å². The fourth-order valence-corrected chi connectivity index (χ4v) is 2.48. The second kappa shape index (κ2) is 7.27. The molecule has 1 unspecified atom stereocenters. The van der Waals surface area contributed by atoms with Crippen LogP contribution < -0.4 is 5.32 Å². The zero-order chi connectivity index (χ0) is 13.4. The summed E-state index contributed by atoms with van der Waals surface area (Å²) in [5, 5.41) is 3.52. The monoisotopic (exact) mass is 257 g/mol. The first-order chi connectivity index (χ1) is 9.37. The topological polar surface area (TPSA) is 21.3 Å². The van der Waals surface area contributed by atoms with E-state index in [9.17, 15) is 0 Å². The van der Waals surface area contributed by atoms with Crippen molar-refractivity contribution >= 4 is 0 Å². The molecule has 0 saturated carbocycles. The Morgan fingerprint density at radius 1 is 1.21 bits per heavy atom. The van der Waals surface area contributed by atoms with Crippen LogP contribution in [0.15, 0.2) is 54.6 Å². The molecule has 0 spiro atoms. The van der Waals surface area contributed by atoms with Gasteiger partial charge >= 0.3 is 0 Å². The third-order valence-electron chi connectivity index (χ3n) is 3.56. The van der Waals surface area contributed by atoms with Crippen LogP contribution in [0.25, 0.3) is 0 Å². The number of hydrogen-bond acceptors (Lipinski definition) is 2. The van der Waals surface area contributed by atoms with Crippen LogP contribution in [-0.2, 0) is 10.2 Å². The Morgan fingerprint density at radius 3 is 2.74 bits per heavy atom. The molecule has 0 amide bonds. The van der Waals surface area contributed by atoms with Gasteiger partial charge in [-0.3, -0.25) is 0 Å². The third kappa shape index (κ3) is 3.79. The lowest BCUT2D eigenvalue weighted by Gasteiger charge is -2.32. The van der Waals surface area contributed by atoms with Gasteiger partial charge in [0.05, 0.1) is 6.61 Å². The Hall–Kier alpha value is -1.38. The van der Waals surface area contributed by atoms with E-state index in [0.717, 1.165) is 32.7 Å². The quantitative estimate of drug-likeness (QED) is 0.758. The van der Waals surface area contributed by atoms with Gasteiger partial charge in [0.15, 0.2) is 0 Å². The van der Waals surface area contributed by atoms with Gasteiger partial charge in [-0.15, -0.1) is 0 Å². The second-order valence-corrected chi connectivity index (χ2v) is 4.89. The Labute approximate surface area is 116 Å². The zero-order valence-corrected chi connectivity index (χ0v) is 11.6. The number of allylic oxidation sites excluding steroid dienone is 3. The SMILES string of the molecule is CCOCCNCC1(c2ccccc2)C=CC=CC1. The van der Waals surface area contributed by atoms with E-state index in [1.165, 1.54) is 5.56 Å². The molecule has 0 saturated heterocycles. The van der Waals surface area contributed by atoms with Crippen LogP contribution in [-0.4, -0.2) is 26.3 Å². The molecular formula is C17H23NO. The van der Waals surface area contributed by atoms with Crippen molar-refractivity contribution in [2.75, 3.05) is 26.3 Å². The third-order valence-corrected chi connectivity index (χ3v) is 3.56. The summed E-state index contributed by atoms with van der Waals surface area (Å²) in [6, 6.07) is 10.7. The molecule has 0 aliphatic heterocycles. The van der Waals surface area contributed by atoms with Crippen LogP contribution in [0.5, 0.6) is 0 Å². The van der Waals surface area contributed by atoms with Gasteiger partial charge < -0.3 is 10.1 Å². The Bertz CT molecular complexity index is 424. The first kappa shape index (κ1) is 14.0. The standard InChI is InChI=1S/C17H23NO/c1-2-19-14-13-18-15-17(11-7-4-8-12-17)16-9-5-3-6-10-16/h3-11,18H,2,12-15H2,1H3. The van der Waals surface area contributed by atoms with Gasteiger partial charge in [-0.1, -0.05) is 54.6 Å². The van der Waals surface area contributed by atoms with Crippen molar-refractivity contribution in [3.8, 4) is 0 Å². The Kier molecular flexibility index (Phi) is 5.37. The molecule has 1 N–H and O–H groups in total. The highest BCUT2D eigenvalue weighted by atomic mass is 16.5. The van der Waals surface area contributed by atoms with E-state index in [4.69, 9.17) is 4.74 Å². The molecule has 102 valence electrons. The van der Waals surface area contributed by atoms with Crippen LogP contribution in [0, 0.1) is 0 Å². The lowest BCUT2D eigenvalue weighted by molar-refractivity contribution is 0.148. The van der Waals surface area contributed by atoms with Crippen LogP contribution >= 0.6 is 0 Å². The molecule has 1 aliphatic carbocycles. The number of rotatable bonds is 7. The molecule has 1 atom stereocenters. The first-order valence-electron chi connectivity index (χ1n) is 7.06. The maximum atomic E-state index is 5.37. The molecule has 0 radical (unpaired) electrons. The van der Waals surface area contributed by atoms with Crippen molar-refractivity contribution in [1.82, 2.24) is 5.32 Å². The summed E-state index contributed by atoms with van der Waals surface area (Å²) >= 11 is 0. The molecule has 2 rings (SSSR count). The summed E-state index contributed by atoms with van der Waals surface area (Å²) in [5.74, 6) is 0. The van der Waals surface area contributed by atoms with Gasteiger partial charge in [0.1, 0.15) is 0 Å². The minimum absolute atomic E-state index is 0.0855. The molecule has 0 heterocycles. The Balaban J connectivity index is 2.00.